The summed E-state index contributed by atoms with van der Waals surface area (Å²) in [5.41, 5.74) is 2.48. The van der Waals surface area contributed by atoms with Gasteiger partial charge in [0.25, 0.3) is 0 Å². The van der Waals surface area contributed by atoms with E-state index in [1.807, 2.05) is 7.05 Å². The van der Waals surface area contributed by atoms with Crippen LogP contribution < -0.4 is 10.6 Å². The van der Waals surface area contributed by atoms with Gasteiger partial charge < -0.3 is 10.6 Å². The van der Waals surface area contributed by atoms with Crippen LogP contribution in [0.5, 0.6) is 0 Å². The van der Waals surface area contributed by atoms with E-state index in [0.717, 1.165) is 25.5 Å². The Bertz CT molecular complexity index is 336. The summed E-state index contributed by atoms with van der Waals surface area (Å²) in [5, 5.41) is 6.39. The van der Waals surface area contributed by atoms with Gasteiger partial charge in [0, 0.05) is 18.7 Å². The second-order valence-electron chi connectivity index (χ2n) is 3.38. The number of halogens is 2. The molecule has 1 heterocycles. The van der Waals surface area contributed by atoms with Gasteiger partial charge in [-0.25, -0.2) is 0 Å². The predicted octanol–water partition coefficient (Wildman–Crippen LogP) is 1.60. The number of hydrogen-bond acceptors (Lipinski definition) is 3. The van der Waals surface area contributed by atoms with Gasteiger partial charge in [-0.3, -0.25) is 4.99 Å². The first-order valence-corrected chi connectivity index (χ1v) is 4.92. The number of nitrogens with zero attached hydrogens (tertiary/aromatic N) is 1. The summed E-state index contributed by atoms with van der Waals surface area (Å²) in [6.45, 7) is 2.78. The zero-order valence-corrected chi connectivity index (χ0v) is 10.8. The van der Waals surface area contributed by atoms with Gasteiger partial charge in [0.2, 0.25) is 0 Å². The molecule has 0 aromatic heterocycles. The van der Waals surface area contributed by atoms with E-state index >= 15 is 0 Å². The molecule has 3 nitrogen and oxygen atoms in total. The largest absolute Gasteiger partial charge is 0.368 e. The summed E-state index contributed by atoms with van der Waals surface area (Å²) in [7, 11) is 1.95. The lowest BCUT2D eigenvalue weighted by atomic mass is 10.1. The molecule has 0 saturated heterocycles. The molecule has 90 valence electrons. The van der Waals surface area contributed by atoms with Crippen molar-refractivity contribution in [3.8, 4) is 0 Å². The minimum absolute atomic E-state index is 0. The molecule has 5 heteroatoms. The lowest BCUT2D eigenvalue weighted by molar-refractivity contribution is 0.818. The lowest BCUT2D eigenvalue weighted by Gasteiger charge is -2.04. The first-order valence-electron chi connectivity index (χ1n) is 4.92. The molecule has 2 rings (SSSR count). The molecule has 0 saturated carbocycles. The SMILES string of the molecule is CNCc1ccc(C2=NCCN2)cc1.Cl.Cl. The monoisotopic (exact) mass is 261 g/mol. The Balaban J connectivity index is 0.00000112. The Labute approximate surface area is 109 Å². The van der Waals surface area contributed by atoms with Crippen LogP contribution >= 0.6 is 24.8 Å². The molecule has 0 aliphatic carbocycles. The Hall–Kier alpha value is -0.770. The number of aliphatic imine (C=N–C) groups is 1. The number of amidine groups is 1. The smallest absolute Gasteiger partial charge is 0.128 e. The molecule has 0 amide bonds. The van der Waals surface area contributed by atoms with Crippen LogP contribution in [0.15, 0.2) is 29.3 Å². The Morgan fingerprint density at radius 3 is 2.44 bits per heavy atom. The average Bonchev–Trinajstić information content (AvgIpc) is 2.72. The highest BCUT2D eigenvalue weighted by Crippen LogP contribution is 2.06. The van der Waals surface area contributed by atoms with Gasteiger partial charge in [0.05, 0.1) is 6.54 Å². The number of hydrogen-bond donors (Lipinski definition) is 2. The highest BCUT2D eigenvalue weighted by Gasteiger charge is 2.06. The number of benzene rings is 1. The normalized spacial score (nSPS) is 13.2. The van der Waals surface area contributed by atoms with Crippen molar-refractivity contribution in [3.05, 3.63) is 35.4 Å². The summed E-state index contributed by atoms with van der Waals surface area (Å²) >= 11 is 0. The molecule has 0 atom stereocenters. The lowest BCUT2D eigenvalue weighted by Crippen LogP contribution is -2.19. The molecule has 0 radical (unpaired) electrons. The fraction of sp³-hybridized carbons (Fsp3) is 0.364. The van der Waals surface area contributed by atoms with E-state index in [1.165, 1.54) is 11.1 Å². The zero-order valence-electron chi connectivity index (χ0n) is 9.19. The van der Waals surface area contributed by atoms with E-state index in [9.17, 15) is 0 Å². The van der Waals surface area contributed by atoms with Crippen LogP contribution in [0.4, 0.5) is 0 Å². The summed E-state index contributed by atoms with van der Waals surface area (Å²) in [6.07, 6.45) is 0. The van der Waals surface area contributed by atoms with Gasteiger partial charge in [-0.15, -0.1) is 24.8 Å². The summed E-state index contributed by atoms with van der Waals surface area (Å²) < 4.78 is 0. The molecule has 1 aliphatic rings. The molecular formula is C11H17Cl2N3. The third kappa shape index (κ3) is 3.67. The van der Waals surface area contributed by atoms with Crippen molar-refractivity contribution < 1.29 is 0 Å². The zero-order chi connectivity index (χ0) is 9.80. The second kappa shape index (κ2) is 7.49. The van der Waals surface area contributed by atoms with Gasteiger partial charge in [-0.1, -0.05) is 24.3 Å². The standard InChI is InChI=1S/C11H15N3.2ClH/c1-12-8-9-2-4-10(5-3-9)11-13-6-7-14-11;;/h2-5,12H,6-8H2,1H3,(H,13,14);2*1H. The molecule has 16 heavy (non-hydrogen) atoms. The van der Waals surface area contributed by atoms with Crippen molar-refractivity contribution in [2.45, 2.75) is 6.54 Å². The fourth-order valence-electron chi connectivity index (χ4n) is 1.58. The molecule has 0 fully saturated rings. The maximum atomic E-state index is 4.37. The van der Waals surface area contributed by atoms with Crippen LogP contribution in [0, 0.1) is 0 Å². The third-order valence-electron chi connectivity index (χ3n) is 2.28. The van der Waals surface area contributed by atoms with Gasteiger partial charge in [-0.2, -0.15) is 0 Å². The maximum Gasteiger partial charge on any atom is 0.128 e. The van der Waals surface area contributed by atoms with Crippen LogP contribution in [0.2, 0.25) is 0 Å². The summed E-state index contributed by atoms with van der Waals surface area (Å²) in [6, 6.07) is 8.50. The fourth-order valence-corrected chi connectivity index (χ4v) is 1.58. The molecule has 0 unspecified atom stereocenters. The third-order valence-corrected chi connectivity index (χ3v) is 2.28. The van der Waals surface area contributed by atoms with Crippen LogP contribution in [0.1, 0.15) is 11.1 Å². The van der Waals surface area contributed by atoms with Crippen molar-refractivity contribution in [2.24, 2.45) is 4.99 Å². The quantitative estimate of drug-likeness (QED) is 0.868. The van der Waals surface area contributed by atoms with E-state index in [4.69, 9.17) is 0 Å². The van der Waals surface area contributed by atoms with Crippen LogP contribution in [0.25, 0.3) is 0 Å². The van der Waals surface area contributed by atoms with Gasteiger partial charge >= 0.3 is 0 Å². The first kappa shape index (κ1) is 15.2. The molecule has 1 aliphatic heterocycles. The predicted molar refractivity (Wildman–Crippen MR) is 73.1 cm³/mol. The second-order valence-corrected chi connectivity index (χ2v) is 3.38. The molecule has 2 N–H and O–H groups in total. The van der Waals surface area contributed by atoms with E-state index < -0.39 is 0 Å². The molecule has 1 aromatic rings. The number of rotatable bonds is 3. The average molecular weight is 262 g/mol. The minimum Gasteiger partial charge on any atom is -0.368 e. The van der Waals surface area contributed by atoms with E-state index in [0.29, 0.717) is 0 Å². The Kier molecular flexibility index (Phi) is 7.13. The highest BCUT2D eigenvalue weighted by molar-refractivity contribution is 5.99. The first-order chi connectivity index (χ1) is 6.90. The maximum absolute atomic E-state index is 4.37. The summed E-state index contributed by atoms with van der Waals surface area (Å²) in [5.74, 6) is 1.03. The van der Waals surface area contributed by atoms with E-state index in [1.54, 1.807) is 0 Å². The minimum atomic E-state index is 0. The van der Waals surface area contributed by atoms with Gasteiger partial charge in [0.15, 0.2) is 0 Å². The van der Waals surface area contributed by atoms with E-state index in [-0.39, 0.29) is 24.8 Å². The molecule has 0 spiro atoms. The van der Waals surface area contributed by atoms with Crippen molar-refractivity contribution in [2.75, 3.05) is 20.1 Å². The summed E-state index contributed by atoms with van der Waals surface area (Å²) in [4.78, 5) is 4.37. The van der Waals surface area contributed by atoms with Crippen molar-refractivity contribution in [3.63, 3.8) is 0 Å². The van der Waals surface area contributed by atoms with Crippen molar-refractivity contribution in [1.29, 1.82) is 0 Å². The van der Waals surface area contributed by atoms with Gasteiger partial charge in [0.1, 0.15) is 5.84 Å². The van der Waals surface area contributed by atoms with Gasteiger partial charge in [-0.05, 0) is 12.6 Å². The molecule has 0 bridgehead atoms. The van der Waals surface area contributed by atoms with E-state index in [2.05, 4.69) is 39.9 Å². The Morgan fingerprint density at radius 2 is 1.94 bits per heavy atom. The van der Waals surface area contributed by atoms with Crippen molar-refractivity contribution >= 4 is 30.6 Å². The number of nitrogens with one attached hydrogen (secondary N) is 2. The molecule has 1 aromatic carbocycles. The topological polar surface area (TPSA) is 36.4 Å². The highest BCUT2D eigenvalue weighted by atomic mass is 35.5. The van der Waals surface area contributed by atoms with Crippen LogP contribution in [-0.4, -0.2) is 26.0 Å². The Morgan fingerprint density at radius 1 is 1.25 bits per heavy atom. The molecular weight excluding hydrogens is 245 g/mol. The van der Waals surface area contributed by atoms with Crippen LogP contribution in [-0.2, 0) is 6.54 Å². The van der Waals surface area contributed by atoms with Crippen molar-refractivity contribution in [1.82, 2.24) is 10.6 Å². The van der Waals surface area contributed by atoms with Crippen LogP contribution in [0.3, 0.4) is 0 Å².